The number of aliphatic hydroxyl groups is 1. The fraction of sp³-hybridized carbons (Fsp3) is 0.158. The van der Waals surface area contributed by atoms with Crippen LogP contribution in [0.3, 0.4) is 0 Å². The fourth-order valence-electron chi connectivity index (χ4n) is 2.36. The van der Waals surface area contributed by atoms with Crippen LogP contribution in [0.5, 0.6) is 0 Å². The highest BCUT2D eigenvalue weighted by Gasteiger charge is 2.39. The number of aliphatic hydroxyl groups excluding tert-OH is 1. The first-order chi connectivity index (χ1) is 13.3. The smallest absolute Gasteiger partial charge is 0.379 e. The summed E-state index contributed by atoms with van der Waals surface area (Å²) in [5.41, 5.74) is 1.77. The molecule has 9 heteroatoms. The molecule has 1 atom stereocenters. The van der Waals surface area contributed by atoms with Crippen LogP contribution >= 0.6 is 0 Å². The molecule has 0 radical (unpaired) electrons. The third kappa shape index (κ3) is 5.17. The maximum Gasteiger partial charge on any atom is 0.418 e. The van der Waals surface area contributed by atoms with Crippen LogP contribution in [-0.4, -0.2) is 21.3 Å². The van der Waals surface area contributed by atoms with Gasteiger partial charge in [-0.25, -0.2) is 14.4 Å². The van der Waals surface area contributed by atoms with Crippen molar-refractivity contribution in [1.82, 2.24) is 9.97 Å². The lowest BCUT2D eigenvalue weighted by atomic mass is 10.1. The van der Waals surface area contributed by atoms with Crippen molar-refractivity contribution in [2.24, 2.45) is 0 Å². The third-order valence-corrected chi connectivity index (χ3v) is 3.85. The first-order valence-electron chi connectivity index (χ1n) is 8.23. The molecule has 1 unspecified atom stereocenters. The van der Waals surface area contributed by atoms with Gasteiger partial charge in [0.2, 0.25) is 5.95 Å². The first kappa shape index (κ1) is 19.6. The van der Waals surface area contributed by atoms with Gasteiger partial charge in [-0.1, -0.05) is 24.3 Å². The summed E-state index contributed by atoms with van der Waals surface area (Å²) in [4.78, 5) is 8.25. The molecule has 0 bridgehead atoms. The summed E-state index contributed by atoms with van der Waals surface area (Å²) in [6, 6.07) is 11.2. The molecular weight excluding hydrogens is 376 g/mol. The lowest BCUT2D eigenvalue weighted by Gasteiger charge is -2.15. The van der Waals surface area contributed by atoms with Crippen molar-refractivity contribution in [1.29, 1.82) is 0 Å². The van der Waals surface area contributed by atoms with Crippen molar-refractivity contribution in [3.63, 3.8) is 0 Å². The summed E-state index contributed by atoms with van der Waals surface area (Å²) in [7, 11) is 0. The van der Waals surface area contributed by atoms with Gasteiger partial charge in [0.15, 0.2) is 6.10 Å². The number of nitrogens with zero attached hydrogens (tertiary/aromatic N) is 2. The average Bonchev–Trinajstić information content (AvgIpc) is 2.68. The standard InChI is InChI=1S/C19H16F4N4O/c20-14-5-1-12(2-6-14)9-24-16-10-25-18(26-11-16)27-15-7-3-13(4-8-15)17(28)19(21,22)23/h1-8,10-11,17,24,28H,9H2,(H,25,26,27). The monoisotopic (exact) mass is 392 g/mol. The number of hydrogen-bond donors (Lipinski definition) is 3. The number of halogens is 4. The second-order valence-electron chi connectivity index (χ2n) is 5.97. The summed E-state index contributed by atoms with van der Waals surface area (Å²) in [5, 5.41) is 15.2. The largest absolute Gasteiger partial charge is 0.418 e. The molecule has 0 aliphatic rings. The highest BCUT2D eigenvalue weighted by Crippen LogP contribution is 2.32. The van der Waals surface area contributed by atoms with E-state index in [1.54, 1.807) is 24.5 Å². The fourth-order valence-corrected chi connectivity index (χ4v) is 2.36. The Morgan fingerprint density at radius 3 is 2.07 bits per heavy atom. The van der Waals surface area contributed by atoms with Gasteiger partial charge in [0.05, 0.1) is 18.1 Å². The molecule has 3 aromatic rings. The van der Waals surface area contributed by atoms with E-state index in [0.717, 1.165) is 5.56 Å². The van der Waals surface area contributed by atoms with Crippen LogP contribution in [0.4, 0.5) is 34.9 Å². The molecular formula is C19H16F4N4O. The zero-order valence-electron chi connectivity index (χ0n) is 14.4. The van der Waals surface area contributed by atoms with Crippen molar-refractivity contribution < 1.29 is 22.7 Å². The molecule has 28 heavy (non-hydrogen) atoms. The molecule has 1 heterocycles. The number of alkyl halides is 3. The van der Waals surface area contributed by atoms with Gasteiger partial charge in [-0.15, -0.1) is 0 Å². The predicted molar refractivity (Wildman–Crippen MR) is 96.5 cm³/mol. The maximum absolute atomic E-state index is 12.9. The van der Waals surface area contributed by atoms with Crippen molar-refractivity contribution in [2.75, 3.05) is 10.6 Å². The van der Waals surface area contributed by atoms with Crippen LogP contribution < -0.4 is 10.6 Å². The predicted octanol–water partition coefficient (Wildman–Crippen LogP) is 4.57. The SMILES string of the molecule is OC(c1ccc(Nc2ncc(NCc3ccc(F)cc3)cn2)cc1)C(F)(F)F. The maximum atomic E-state index is 12.9. The minimum absolute atomic E-state index is 0.251. The lowest BCUT2D eigenvalue weighted by molar-refractivity contribution is -0.206. The molecule has 0 saturated heterocycles. The normalized spacial score (nSPS) is 12.5. The first-order valence-corrected chi connectivity index (χ1v) is 8.23. The highest BCUT2D eigenvalue weighted by molar-refractivity contribution is 5.54. The highest BCUT2D eigenvalue weighted by atomic mass is 19.4. The minimum Gasteiger partial charge on any atom is -0.379 e. The van der Waals surface area contributed by atoms with Crippen LogP contribution in [0.1, 0.15) is 17.2 Å². The summed E-state index contributed by atoms with van der Waals surface area (Å²) in [6.07, 6.45) is -4.15. The van der Waals surface area contributed by atoms with Gasteiger partial charge in [-0.2, -0.15) is 13.2 Å². The van der Waals surface area contributed by atoms with Gasteiger partial charge in [-0.3, -0.25) is 0 Å². The van der Waals surface area contributed by atoms with Crippen molar-refractivity contribution in [2.45, 2.75) is 18.8 Å². The minimum atomic E-state index is -4.71. The molecule has 146 valence electrons. The lowest BCUT2D eigenvalue weighted by Crippen LogP contribution is -2.20. The quantitative estimate of drug-likeness (QED) is 0.536. The average molecular weight is 392 g/mol. The number of aromatic nitrogens is 2. The topological polar surface area (TPSA) is 70.1 Å². The van der Waals surface area contributed by atoms with Crippen molar-refractivity contribution >= 4 is 17.3 Å². The van der Waals surface area contributed by atoms with E-state index in [0.29, 0.717) is 17.9 Å². The summed E-state index contributed by atoms with van der Waals surface area (Å²) < 4.78 is 50.4. The second-order valence-corrected chi connectivity index (χ2v) is 5.97. The Hall–Kier alpha value is -3.20. The van der Waals surface area contributed by atoms with Crippen molar-refractivity contribution in [3.05, 3.63) is 77.9 Å². The Morgan fingerprint density at radius 1 is 0.893 bits per heavy atom. The Labute approximate surface area is 158 Å². The number of hydrogen-bond acceptors (Lipinski definition) is 5. The van der Waals surface area contributed by atoms with Crippen LogP contribution in [0, 0.1) is 5.82 Å². The van der Waals surface area contributed by atoms with E-state index in [1.165, 1.54) is 36.4 Å². The Kier molecular flexibility index (Phi) is 5.74. The number of nitrogens with one attached hydrogen (secondary N) is 2. The van der Waals surface area contributed by atoms with E-state index in [-0.39, 0.29) is 17.3 Å². The zero-order chi connectivity index (χ0) is 20.1. The van der Waals surface area contributed by atoms with E-state index in [1.807, 2.05) is 0 Å². The van der Waals surface area contributed by atoms with Gasteiger partial charge < -0.3 is 15.7 Å². The summed E-state index contributed by atoms with van der Waals surface area (Å²) >= 11 is 0. The number of anilines is 3. The van der Waals surface area contributed by atoms with E-state index in [2.05, 4.69) is 20.6 Å². The Morgan fingerprint density at radius 2 is 1.50 bits per heavy atom. The van der Waals surface area contributed by atoms with Gasteiger partial charge in [0.1, 0.15) is 5.82 Å². The van der Waals surface area contributed by atoms with Gasteiger partial charge in [0.25, 0.3) is 0 Å². The van der Waals surface area contributed by atoms with Crippen LogP contribution in [0.25, 0.3) is 0 Å². The molecule has 3 N–H and O–H groups in total. The third-order valence-electron chi connectivity index (χ3n) is 3.85. The molecule has 0 amide bonds. The zero-order valence-corrected chi connectivity index (χ0v) is 14.4. The van der Waals surface area contributed by atoms with E-state index < -0.39 is 12.3 Å². The van der Waals surface area contributed by atoms with Crippen LogP contribution in [-0.2, 0) is 6.54 Å². The molecule has 0 aliphatic heterocycles. The molecule has 0 spiro atoms. The van der Waals surface area contributed by atoms with E-state index >= 15 is 0 Å². The molecule has 0 fully saturated rings. The number of benzene rings is 2. The molecule has 2 aromatic carbocycles. The van der Waals surface area contributed by atoms with Crippen molar-refractivity contribution in [3.8, 4) is 0 Å². The van der Waals surface area contributed by atoms with Gasteiger partial charge in [0, 0.05) is 12.2 Å². The molecule has 0 aliphatic carbocycles. The molecule has 0 saturated carbocycles. The Bertz CT molecular complexity index is 897. The molecule has 3 rings (SSSR count). The summed E-state index contributed by atoms with van der Waals surface area (Å²) in [5.74, 6) is -0.0417. The molecule has 1 aromatic heterocycles. The number of rotatable bonds is 6. The van der Waals surface area contributed by atoms with Crippen LogP contribution in [0.15, 0.2) is 60.9 Å². The summed E-state index contributed by atoms with van der Waals surface area (Å²) in [6.45, 7) is 0.472. The van der Waals surface area contributed by atoms with Crippen LogP contribution in [0.2, 0.25) is 0 Å². The molecule has 5 nitrogen and oxygen atoms in total. The second kappa shape index (κ2) is 8.22. The Balaban J connectivity index is 1.57. The van der Waals surface area contributed by atoms with E-state index in [9.17, 15) is 22.7 Å². The van der Waals surface area contributed by atoms with E-state index in [4.69, 9.17) is 0 Å². The van der Waals surface area contributed by atoms with Gasteiger partial charge in [-0.05, 0) is 35.4 Å². The van der Waals surface area contributed by atoms with Gasteiger partial charge >= 0.3 is 6.18 Å².